The molecule has 0 spiro atoms. The molecule has 0 amide bonds. The zero-order chi connectivity index (χ0) is 12.0. The van der Waals surface area contributed by atoms with Crippen molar-refractivity contribution in [2.45, 2.75) is 18.8 Å². The van der Waals surface area contributed by atoms with Crippen molar-refractivity contribution < 1.29 is 9.53 Å². The average Bonchev–Trinajstić information content (AvgIpc) is 2.31. The average molecular weight is 306 g/mol. The Hall–Kier alpha value is -0.540. The number of rotatable bonds is 5. The Labute approximate surface area is 109 Å². The first kappa shape index (κ1) is 13.5. The van der Waals surface area contributed by atoms with Crippen molar-refractivity contribution in [1.29, 1.82) is 0 Å². The summed E-state index contributed by atoms with van der Waals surface area (Å²) in [6.07, 6.45) is 1.52. The van der Waals surface area contributed by atoms with Crippen molar-refractivity contribution in [3.63, 3.8) is 0 Å². The molecular formula is C12H14BrClO2. The number of ether oxygens (including phenoxy) is 1. The minimum atomic E-state index is -0.211. The van der Waals surface area contributed by atoms with Crippen LogP contribution in [0.15, 0.2) is 28.7 Å². The van der Waals surface area contributed by atoms with E-state index in [0.29, 0.717) is 5.88 Å². The van der Waals surface area contributed by atoms with E-state index in [9.17, 15) is 4.79 Å². The van der Waals surface area contributed by atoms with E-state index in [1.165, 1.54) is 7.11 Å². The Morgan fingerprint density at radius 2 is 2.06 bits per heavy atom. The molecule has 0 saturated carbocycles. The van der Waals surface area contributed by atoms with Crippen LogP contribution in [0, 0.1) is 0 Å². The second kappa shape index (κ2) is 6.92. The monoisotopic (exact) mass is 304 g/mol. The molecule has 0 saturated heterocycles. The number of halogens is 2. The molecule has 1 atom stereocenters. The SMILES string of the molecule is COC(=O)C(CCCCl)c1ccc(Br)cc1. The molecule has 4 heteroatoms. The van der Waals surface area contributed by atoms with E-state index in [1.54, 1.807) is 0 Å². The summed E-state index contributed by atoms with van der Waals surface area (Å²) in [5.41, 5.74) is 0.972. The van der Waals surface area contributed by atoms with Crippen LogP contribution in [0.2, 0.25) is 0 Å². The van der Waals surface area contributed by atoms with Gasteiger partial charge in [0.25, 0.3) is 0 Å². The molecule has 16 heavy (non-hydrogen) atoms. The third-order valence-corrected chi connectivity index (χ3v) is 3.18. The molecule has 0 aromatic heterocycles. The van der Waals surface area contributed by atoms with Crippen LogP contribution in [0.5, 0.6) is 0 Å². The van der Waals surface area contributed by atoms with E-state index in [4.69, 9.17) is 16.3 Å². The first-order chi connectivity index (χ1) is 7.69. The van der Waals surface area contributed by atoms with Crippen LogP contribution in [0.1, 0.15) is 24.3 Å². The Balaban J connectivity index is 2.82. The number of carbonyl (C=O) groups excluding carboxylic acids is 1. The topological polar surface area (TPSA) is 26.3 Å². The molecule has 0 aliphatic heterocycles. The van der Waals surface area contributed by atoms with Gasteiger partial charge in [-0.25, -0.2) is 0 Å². The Bertz CT molecular complexity index is 337. The van der Waals surface area contributed by atoms with Gasteiger partial charge in [0, 0.05) is 10.4 Å². The van der Waals surface area contributed by atoms with E-state index >= 15 is 0 Å². The maximum absolute atomic E-state index is 11.6. The Kier molecular flexibility index (Phi) is 5.85. The molecule has 2 nitrogen and oxygen atoms in total. The van der Waals surface area contributed by atoms with Crippen LogP contribution >= 0.6 is 27.5 Å². The minimum Gasteiger partial charge on any atom is -0.469 e. The quantitative estimate of drug-likeness (QED) is 0.612. The fourth-order valence-electron chi connectivity index (χ4n) is 1.54. The number of carbonyl (C=O) groups is 1. The van der Waals surface area contributed by atoms with Crippen LogP contribution in [-0.2, 0) is 9.53 Å². The molecular weight excluding hydrogens is 291 g/mol. The largest absolute Gasteiger partial charge is 0.469 e. The molecule has 0 aliphatic carbocycles. The second-order valence-corrected chi connectivity index (χ2v) is 4.75. The number of esters is 1. The van der Waals surface area contributed by atoms with E-state index in [0.717, 1.165) is 22.9 Å². The number of hydrogen-bond donors (Lipinski definition) is 0. The lowest BCUT2D eigenvalue weighted by atomic mass is 9.95. The molecule has 1 rings (SSSR count). The third-order valence-electron chi connectivity index (χ3n) is 2.38. The summed E-state index contributed by atoms with van der Waals surface area (Å²) in [7, 11) is 1.41. The lowest BCUT2D eigenvalue weighted by Gasteiger charge is -2.14. The van der Waals surface area contributed by atoms with Crippen LogP contribution in [0.25, 0.3) is 0 Å². The van der Waals surface area contributed by atoms with Gasteiger partial charge in [-0.15, -0.1) is 11.6 Å². The molecule has 1 aromatic carbocycles. The minimum absolute atomic E-state index is 0.201. The molecule has 0 radical (unpaired) electrons. The van der Waals surface area contributed by atoms with Gasteiger partial charge in [0.1, 0.15) is 0 Å². The van der Waals surface area contributed by atoms with Crippen LogP contribution in [0.3, 0.4) is 0 Å². The highest BCUT2D eigenvalue weighted by Crippen LogP contribution is 2.24. The molecule has 0 N–H and O–H groups in total. The molecule has 0 fully saturated rings. The van der Waals surface area contributed by atoms with Gasteiger partial charge in [-0.05, 0) is 30.5 Å². The van der Waals surface area contributed by atoms with Crippen molar-refractivity contribution >= 4 is 33.5 Å². The van der Waals surface area contributed by atoms with Crippen molar-refractivity contribution in [1.82, 2.24) is 0 Å². The summed E-state index contributed by atoms with van der Waals surface area (Å²) in [5.74, 6) is 0.147. The maximum Gasteiger partial charge on any atom is 0.313 e. The normalized spacial score (nSPS) is 12.2. The van der Waals surface area contributed by atoms with Gasteiger partial charge in [-0.3, -0.25) is 4.79 Å². The van der Waals surface area contributed by atoms with Gasteiger partial charge < -0.3 is 4.74 Å². The summed E-state index contributed by atoms with van der Waals surface area (Å²) in [6.45, 7) is 0. The van der Waals surface area contributed by atoms with Gasteiger partial charge in [0.05, 0.1) is 13.0 Å². The zero-order valence-corrected chi connectivity index (χ0v) is 11.4. The van der Waals surface area contributed by atoms with Crippen LogP contribution in [0.4, 0.5) is 0 Å². The highest BCUT2D eigenvalue weighted by molar-refractivity contribution is 9.10. The predicted molar refractivity (Wildman–Crippen MR) is 68.9 cm³/mol. The number of benzene rings is 1. The van der Waals surface area contributed by atoms with Crippen molar-refractivity contribution in [3.05, 3.63) is 34.3 Å². The highest BCUT2D eigenvalue weighted by Gasteiger charge is 2.20. The molecule has 1 unspecified atom stereocenters. The summed E-state index contributed by atoms with van der Waals surface area (Å²) in [5, 5.41) is 0. The smallest absolute Gasteiger partial charge is 0.313 e. The maximum atomic E-state index is 11.6. The van der Waals surface area contributed by atoms with E-state index in [2.05, 4.69) is 15.9 Å². The molecule has 0 bridgehead atoms. The van der Waals surface area contributed by atoms with Crippen molar-refractivity contribution in [2.75, 3.05) is 13.0 Å². The fraction of sp³-hybridized carbons (Fsp3) is 0.417. The summed E-state index contributed by atoms with van der Waals surface area (Å²) >= 11 is 9.01. The lowest BCUT2D eigenvalue weighted by Crippen LogP contribution is -2.14. The Morgan fingerprint density at radius 1 is 1.44 bits per heavy atom. The molecule has 0 heterocycles. The molecule has 1 aromatic rings. The van der Waals surface area contributed by atoms with E-state index in [1.807, 2.05) is 24.3 Å². The van der Waals surface area contributed by atoms with Crippen molar-refractivity contribution in [3.8, 4) is 0 Å². The molecule has 88 valence electrons. The van der Waals surface area contributed by atoms with E-state index in [-0.39, 0.29) is 11.9 Å². The number of methoxy groups -OCH3 is 1. The summed E-state index contributed by atoms with van der Waals surface area (Å²) in [4.78, 5) is 11.6. The van der Waals surface area contributed by atoms with Crippen LogP contribution < -0.4 is 0 Å². The fourth-order valence-corrected chi connectivity index (χ4v) is 1.96. The first-order valence-corrected chi connectivity index (χ1v) is 6.41. The summed E-state index contributed by atoms with van der Waals surface area (Å²) in [6, 6.07) is 7.71. The first-order valence-electron chi connectivity index (χ1n) is 5.08. The van der Waals surface area contributed by atoms with Crippen LogP contribution in [-0.4, -0.2) is 19.0 Å². The predicted octanol–water partition coefficient (Wildman–Crippen LogP) is 3.72. The third kappa shape index (κ3) is 3.80. The van der Waals surface area contributed by atoms with Crippen molar-refractivity contribution in [2.24, 2.45) is 0 Å². The van der Waals surface area contributed by atoms with Gasteiger partial charge in [0.2, 0.25) is 0 Å². The standard InChI is InChI=1S/C12H14BrClO2/c1-16-12(15)11(3-2-8-14)9-4-6-10(13)7-5-9/h4-7,11H,2-3,8H2,1H3. The zero-order valence-electron chi connectivity index (χ0n) is 9.08. The lowest BCUT2D eigenvalue weighted by molar-refractivity contribution is -0.142. The number of alkyl halides is 1. The van der Waals surface area contributed by atoms with Gasteiger partial charge in [-0.2, -0.15) is 0 Å². The van der Waals surface area contributed by atoms with E-state index < -0.39 is 0 Å². The number of hydrogen-bond acceptors (Lipinski definition) is 2. The van der Waals surface area contributed by atoms with Gasteiger partial charge in [0.15, 0.2) is 0 Å². The summed E-state index contributed by atoms with van der Waals surface area (Å²) < 4.78 is 5.80. The highest BCUT2D eigenvalue weighted by atomic mass is 79.9. The van der Waals surface area contributed by atoms with Gasteiger partial charge >= 0.3 is 5.97 Å². The molecule has 0 aliphatic rings. The van der Waals surface area contributed by atoms with Gasteiger partial charge in [-0.1, -0.05) is 28.1 Å². The second-order valence-electron chi connectivity index (χ2n) is 3.46. The Morgan fingerprint density at radius 3 is 2.56 bits per heavy atom.